The average Bonchev–Trinajstić information content (AvgIpc) is 2.32. The van der Waals surface area contributed by atoms with Gasteiger partial charge in [-0.25, -0.2) is 0 Å². The molecule has 4 unspecified atom stereocenters. The van der Waals surface area contributed by atoms with Gasteiger partial charge in [0.1, 0.15) is 0 Å². The molecule has 1 saturated carbocycles. The van der Waals surface area contributed by atoms with Gasteiger partial charge in [0.2, 0.25) is 0 Å². The second-order valence-corrected chi connectivity index (χ2v) is 8.89. The standard InChI is InChI=1S/C13H27NO2Si/c1-10-5-6-11-7-8-14-13(2,12(11)9-10)17(15-3)16-4/h10-12,14,17H,5-9H2,1-4H3. The van der Waals surface area contributed by atoms with Crippen molar-refractivity contribution in [1.82, 2.24) is 5.32 Å². The zero-order valence-electron chi connectivity index (χ0n) is 11.7. The molecule has 1 heterocycles. The fourth-order valence-electron chi connectivity index (χ4n) is 4.03. The maximum atomic E-state index is 5.68. The summed E-state index contributed by atoms with van der Waals surface area (Å²) in [5, 5.41) is 3.84. The molecular weight excluding hydrogens is 230 g/mol. The van der Waals surface area contributed by atoms with E-state index in [1.165, 1.54) is 25.7 Å². The summed E-state index contributed by atoms with van der Waals surface area (Å²) in [6, 6.07) is 0. The highest BCUT2D eigenvalue weighted by Crippen LogP contribution is 2.44. The third kappa shape index (κ3) is 2.45. The first-order valence-corrected chi connectivity index (χ1v) is 8.44. The molecule has 1 aliphatic carbocycles. The minimum absolute atomic E-state index is 0.112. The number of hydrogen-bond acceptors (Lipinski definition) is 3. The average molecular weight is 257 g/mol. The first kappa shape index (κ1) is 13.5. The van der Waals surface area contributed by atoms with E-state index in [4.69, 9.17) is 8.85 Å². The Hall–Kier alpha value is 0.0969. The van der Waals surface area contributed by atoms with E-state index < -0.39 is 9.28 Å². The quantitative estimate of drug-likeness (QED) is 0.783. The Bertz CT molecular complexity index is 260. The minimum Gasteiger partial charge on any atom is -0.399 e. The summed E-state index contributed by atoms with van der Waals surface area (Å²) in [5.74, 6) is 2.49. The van der Waals surface area contributed by atoms with Crippen molar-refractivity contribution in [3.63, 3.8) is 0 Å². The van der Waals surface area contributed by atoms with E-state index in [9.17, 15) is 0 Å². The monoisotopic (exact) mass is 257 g/mol. The van der Waals surface area contributed by atoms with Crippen molar-refractivity contribution < 1.29 is 8.85 Å². The van der Waals surface area contributed by atoms with Gasteiger partial charge < -0.3 is 14.2 Å². The van der Waals surface area contributed by atoms with Crippen molar-refractivity contribution in [2.75, 3.05) is 20.8 Å². The second-order valence-electron chi connectivity index (χ2n) is 6.09. The van der Waals surface area contributed by atoms with Gasteiger partial charge >= 0.3 is 9.28 Å². The molecule has 17 heavy (non-hydrogen) atoms. The van der Waals surface area contributed by atoms with Crippen LogP contribution in [0.5, 0.6) is 0 Å². The summed E-state index contributed by atoms with van der Waals surface area (Å²) >= 11 is 0. The largest absolute Gasteiger partial charge is 0.399 e. The van der Waals surface area contributed by atoms with Gasteiger partial charge in [-0.3, -0.25) is 0 Å². The van der Waals surface area contributed by atoms with Crippen molar-refractivity contribution in [2.45, 2.75) is 44.7 Å². The highest BCUT2D eigenvalue weighted by Gasteiger charge is 2.50. The summed E-state index contributed by atoms with van der Waals surface area (Å²) in [6.45, 7) is 5.86. The SMILES string of the molecule is CO[SiH](OC)C1(C)NCCC2CCC(C)CC21. The molecule has 0 bridgehead atoms. The van der Waals surface area contributed by atoms with Crippen molar-refractivity contribution in [3.8, 4) is 0 Å². The van der Waals surface area contributed by atoms with Crippen LogP contribution < -0.4 is 5.32 Å². The molecule has 1 saturated heterocycles. The van der Waals surface area contributed by atoms with Gasteiger partial charge in [-0.15, -0.1) is 0 Å². The molecule has 2 fully saturated rings. The number of piperidine rings is 1. The molecule has 2 aliphatic rings. The summed E-state index contributed by atoms with van der Waals surface area (Å²) in [5.41, 5.74) is 0. The lowest BCUT2D eigenvalue weighted by Gasteiger charge is -2.51. The molecule has 0 spiro atoms. The van der Waals surface area contributed by atoms with Gasteiger partial charge in [0.25, 0.3) is 0 Å². The second kappa shape index (κ2) is 5.39. The Morgan fingerprint density at radius 3 is 2.53 bits per heavy atom. The summed E-state index contributed by atoms with van der Waals surface area (Å²) in [6.07, 6.45) is 5.48. The van der Waals surface area contributed by atoms with Crippen molar-refractivity contribution >= 4 is 9.28 Å². The molecule has 1 aliphatic heterocycles. The van der Waals surface area contributed by atoms with Gasteiger partial charge in [-0.2, -0.15) is 0 Å². The molecule has 0 aromatic carbocycles. The molecule has 0 amide bonds. The van der Waals surface area contributed by atoms with E-state index in [0.29, 0.717) is 0 Å². The highest BCUT2D eigenvalue weighted by molar-refractivity contribution is 6.48. The first-order chi connectivity index (χ1) is 8.11. The molecule has 0 aromatic rings. The molecule has 100 valence electrons. The fraction of sp³-hybridized carbons (Fsp3) is 1.00. The molecule has 1 N–H and O–H groups in total. The maximum Gasteiger partial charge on any atom is 0.341 e. The van der Waals surface area contributed by atoms with Gasteiger partial charge in [0.15, 0.2) is 0 Å². The van der Waals surface area contributed by atoms with Crippen molar-refractivity contribution in [3.05, 3.63) is 0 Å². The van der Waals surface area contributed by atoms with E-state index >= 15 is 0 Å². The highest BCUT2D eigenvalue weighted by atomic mass is 28.3. The van der Waals surface area contributed by atoms with Crippen LogP contribution in [0.4, 0.5) is 0 Å². The zero-order valence-corrected chi connectivity index (χ0v) is 12.8. The van der Waals surface area contributed by atoms with E-state index in [0.717, 1.165) is 24.3 Å². The molecule has 4 atom stereocenters. The topological polar surface area (TPSA) is 30.5 Å². The third-order valence-corrected chi connectivity index (χ3v) is 7.43. The van der Waals surface area contributed by atoms with Crippen molar-refractivity contribution in [1.29, 1.82) is 0 Å². The van der Waals surface area contributed by atoms with Crippen LogP contribution >= 0.6 is 0 Å². The Labute approximate surface area is 107 Å². The fourth-order valence-corrected chi connectivity index (χ4v) is 6.27. The predicted molar refractivity (Wildman–Crippen MR) is 72.2 cm³/mol. The predicted octanol–water partition coefficient (Wildman–Crippen LogP) is 1.84. The Morgan fingerprint density at radius 1 is 1.18 bits per heavy atom. The number of rotatable bonds is 3. The summed E-state index contributed by atoms with van der Waals surface area (Å²) in [7, 11) is 2.00. The molecule has 0 aromatic heterocycles. The zero-order chi connectivity index (χ0) is 12.5. The van der Waals surface area contributed by atoms with Crippen LogP contribution in [-0.2, 0) is 8.85 Å². The third-order valence-electron chi connectivity index (χ3n) is 4.96. The lowest BCUT2D eigenvalue weighted by Crippen LogP contribution is -2.66. The number of nitrogens with one attached hydrogen (secondary N) is 1. The summed E-state index contributed by atoms with van der Waals surface area (Å²) < 4.78 is 11.4. The smallest absolute Gasteiger partial charge is 0.341 e. The van der Waals surface area contributed by atoms with Crippen LogP contribution in [0.25, 0.3) is 0 Å². The maximum absolute atomic E-state index is 5.68. The number of fused-ring (bicyclic) bond motifs is 1. The molecular formula is C13H27NO2Si. The lowest BCUT2D eigenvalue weighted by atomic mass is 9.68. The van der Waals surface area contributed by atoms with Crippen LogP contribution in [0.3, 0.4) is 0 Å². The van der Waals surface area contributed by atoms with Gasteiger partial charge in [0, 0.05) is 14.2 Å². The van der Waals surface area contributed by atoms with Crippen LogP contribution in [0.1, 0.15) is 39.5 Å². The van der Waals surface area contributed by atoms with Crippen molar-refractivity contribution in [2.24, 2.45) is 17.8 Å². The summed E-state index contributed by atoms with van der Waals surface area (Å²) in [4.78, 5) is 0. The Kier molecular flexibility index (Phi) is 4.29. The van der Waals surface area contributed by atoms with Gasteiger partial charge in [-0.05, 0) is 50.5 Å². The van der Waals surface area contributed by atoms with Crippen LogP contribution in [0, 0.1) is 17.8 Å². The molecule has 2 rings (SSSR count). The first-order valence-electron chi connectivity index (χ1n) is 6.92. The van der Waals surface area contributed by atoms with E-state index in [-0.39, 0.29) is 5.16 Å². The van der Waals surface area contributed by atoms with Gasteiger partial charge in [-0.1, -0.05) is 13.3 Å². The molecule has 4 heteroatoms. The minimum atomic E-state index is -1.62. The van der Waals surface area contributed by atoms with E-state index in [1.807, 2.05) is 14.2 Å². The molecule has 0 radical (unpaired) electrons. The Morgan fingerprint density at radius 2 is 1.88 bits per heavy atom. The van der Waals surface area contributed by atoms with Crippen LogP contribution in [0.2, 0.25) is 0 Å². The van der Waals surface area contributed by atoms with Crippen LogP contribution in [0.15, 0.2) is 0 Å². The normalized spacial score (nSPS) is 42.5. The number of hydrogen-bond donors (Lipinski definition) is 1. The van der Waals surface area contributed by atoms with Gasteiger partial charge in [0.05, 0.1) is 5.16 Å². The molecule has 3 nitrogen and oxygen atoms in total. The van der Waals surface area contributed by atoms with Crippen LogP contribution in [-0.4, -0.2) is 35.2 Å². The van der Waals surface area contributed by atoms with E-state index in [1.54, 1.807) is 0 Å². The Balaban J connectivity index is 2.18. The van der Waals surface area contributed by atoms with E-state index in [2.05, 4.69) is 19.2 Å². The lowest BCUT2D eigenvalue weighted by molar-refractivity contribution is 0.0644.